The molecule has 0 aromatic heterocycles. The molecule has 2 heteroatoms. The molecule has 2 saturated carbocycles. The molecule has 4 atom stereocenters. The van der Waals surface area contributed by atoms with Gasteiger partial charge in [0.2, 0.25) is 0 Å². The molecule has 0 radical (unpaired) electrons. The smallest absolute Gasteiger partial charge is 0.302 e. The standard InChI is InChI=1S/C13H22O2/c1-9-5-3-6-11-7-4-8-12(13(9)11)15-10(2)14/h9,11-13H,3-8H2,1-2H3/t9-,11-,12-,13+/m0/s1. The number of carbonyl (C=O) groups is 1. The van der Waals surface area contributed by atoms with E-state index in [0.717, 1.165) is 18.3 Å². The molecule has 2 aliphatic rings. The van der Waals surface area contributed by atoms with Gasteiger partial charge in [-0.3, -0.25) is 4.79 Å². The first kappa shape index (κ1) is 11.0. The fourth-order valence-electron chi connectivity index (χ4n) is 3.68. The van der Waals surface area contributed by atoms with Crippen LogP contribution in [0.1, 0.15) is 52.4 Å². The van der Waals surface area contributed by atoms with Gasteiger partial charge < -0.3 is 4.74 Å². The maximum Gasteiger partial charge on any atom is 0.302 e. The van der Waals surface area contributed by atoms with Crippen LogP contribution in [0.4, 0.5) is 0 Å². The second kappa shape index (κ2) is 4.54. The summed E-state index contributed by atoms with van der Waals surface area (Å²) in [6, 6.07) is 0. The van der Waals surface area contributed by atoms with Crippen LogP contribution in [0.25, 0.3) is 0 Å². The van der Waals surface area contributed by atoms with Crippen molar-refractivity contribution in [2.24, 2.45) is 17.8 Å². The van der Waals surface area contributed by atoms with Crippen LogP contribution in [0.3, 0.4) is 0 Å². The lowest BCUT2D eigenvalue weighted by atomic mass is 9.65. The van der Waals surface area contributed by atoms with Crippen molar-refractivity contribution in [1.29, 1.82) is 0 Å². The Morgan fingerprint density at radius 2 is 1.80 bits per heavy atom. The van der Waals surface area contributed by atoms with Crippen molar-refractivity contribution >= 4 is 5.97 Å². The monoisotopic (exact) mass is 210 g/mol. The molecule has 86 valence electrons. The zero-order valence-corrected chi connectivity index (χ0v) is 9.87. The topological polar surface area (TPSA) is 26.3 Å². The van der Waals surface area contributed by atoms with Gasteiger partial charge >= 0.3 is 5.97 Å². The van der Waals surface area contributed by atoms with E-state index in [9.17, 15) is 4.79 Å². The van der Waals surface area contributed by atoms with Gasteiger partial charge in [0.15, 0.2) is 0 Å². The normalized spacial score (nSPS) is 40.7. The number of hydrogen-bond acceptors (Lipinski definition) is 2. The third-order valence-electron chi connectivity index (χ3n) is 4.25. The van der Waals surface area contributed by atoms with Crippen LogP contribution in [-0.2, 0) is 9.53 Å². The molecular formula is C13H22O2. The van der Waals surface area contributed by atoms with Crippen LogP contribution in [0.5, 0.6) is 0 Å². The van der Waals surface area contributed by atoms with Crippen LogP contribution in [0.15, 0.2) is 0 Å². The summed E-state index contributed by atoms with van der Waals surface area (Å²) in [6.45, 7) is 3.87. The predicted octanol–water partition coefficient (Wildman–Crippen LogP) is 3.15. The van der Waals surface area contributed by atoms with Crippen molar-refractivity contribution in [3.05, 3.63) is 0 Å². The lowest BCUT2D eigenvalue weighted by Crippen LogP contribution is -2.41. The number of fused-ring (bicyclic) bond motifs is 1. The van der Waals surface area contributed by atoms with Gasteiger partial charge in [-0.2, -0.15) is 0 Å². The summed E-state index contributed by atoms with van der Waals surface area (Å²) in [6.07, 6.45) is 7.95. The average molecular weight is 210 g/mol. The molecule has 2 nitrogen and oxygen atoms in total. The van der Waals surface area contributed by atoms with E-state index >= 15 is 0 Å². The molecule has 0 N–H and O–H groups in total. The average Bonchev–Trinajstić information content (AvgIpc) is 2.17. The van der Waals surface area contributed by atoms with Gasteiger partial charge in [0.25, 0.3) is 0 Å². The van der Waals surface area contributed by atoms with E-state index in [1.54, 1.807) is 0 Å². The van der Waals surface area contributed by atoms with E-state index in [-0.39, 0.29) is 12.1 Å². The van der Waals surface area contributed by atoms with Crippen molar-refractivity contribution in [2.75, 3.05) is 0 Å². The Balaban J connectivity index is 2.05. The van der Waals surface area contributed by atoms with E-state index in [4.69, 9.17) is 4.74 Å². The zero-order valence-electron chi connectivity index (χ0n) is 9.87. The van der Waals surface area contributed by atoms with E-state index < -0.39 is 0 Å². The molecule has 0 heterocycles. The Bertz CT molecular complexity index is 235. The predicted molar refractivity (Wildman–Crippen MR) is 59.4 cm³/mol. The summed E-state index contributed by atoms with van der Waals surface area (Å²) in [7, 11) is 0. The van der Waals surface area contributed by atoms with Crippen molar-refractivity contribution in [1.82, 2.24) is 0 Å². The molecular weight excluding hydrogens is 188 g/mol. The molecule has 0 spiro atoms. The Morgan fingerprint density at radius 3 is 2.47 bits per heavy atom. The van der Waals surface area contributed by atoms with Crippen molar-refractivity contribution < 1.29 is 9.53 Å². The second-order valence-corrected chi connectivity index (χ2v) is 5.32. The summed E-state index contributed by atoms with van der Waals surface area (Å²) >= 11 is 0. The maximum atomic E-state index is 11.1. The van der Waals surface area contributed by atoms with Gasteiger partial charge in [0.05, 0.1) is 0 Å². The Hall–Kier alpha value is -0.530. The van der Waals surface area contributed by atoms with Crippen LogP contribution >= 0.6 is 0 Å². The number of rotatable bonds is 1. The van der Waals surface area contributed by atoms with Crippen LogP contribution in [-0.4, -0.2) is 12.1 Å². The van der Waals surface area contributed by atoms with Gasteiger partial charge in [0, 0.05) is 12.8 Å². The van der Waals surface area contributed by atoms with E-state index in [1.807, 2.05) is 0 Å². The minimum atomic E-state index is -0.0987. The summed E-state index contributed by atoms with van der Waals surface area (Å²) < 4.78 is 5.49. The SMILES string of the molecule is CC(=O)O[C@H]1CCC[C@@H]2CCC[C@H](C)[C@H]21. The first-order valence-corrected chi connectivity index (χ1v) is 6.35. The largest absolute Gasteiger partial charge is 0.462 e. The molecule has 2 aliphatic carbocycles. The molecule has 0 bridgehead atoms. The highest BCUT2D eigenvalue weighted by Crippen LogP contribution is 2.44. The Kier molecular flexibility index (Phi) is 3.32. The summed E-state index contributed by atoms with van der Waals surface area (Å²) in [5.41, 5.74) is 0. The van der Waals surface area contributed by atoms with Crippen LogP contribution in [0, 0.1) is 17.8 Å². The minimum Gasteiger partial charge on any atom is -0.462 e. The third-order valence-corrected chi connectivity index (χ3v) is 4.25. The van der Waals surface area contributed by atoms with E-state index in [0.29, 0.717) is 5.92 Å². The summed E-state index contributed by atoms with van der Waals surface area (Å²) in [5.74, 6) is 2.12. The highest BCUT2D eigenvalue weighted by Gasteiger charge is 2.40. The highest BCUT2D eigenvalue weighted by molar-refractivity contribution is 5.66. The molecule has 0 aliphatic heterocycles. The molecule has 0 unspecified atom stereocenters. The molecule has 0 aromatic rings. The third kappa shape index (κ3) is 2.35. The van der Waals surface area contributed by atoms with Crippen LogP contribution < -0.4 is 0 Å². The first-order valence-electron chi connectivity index (χ1n) is 6.35. The molecule has 0 saturated heterocycles. The fourth-order valence-corrected chi connectivity index (χ4v) is 3.68. The summed E-state index contributed by atoms with van der Waals surface area (Å²) in [5, 5.41) is 0. The quantitative estimate of drug-likeness (QED) is 0.621. The second-order valence-electron chi connectivity index (χ2n) is 5.32. The molecule has 0 aromatic carbocycles. The van der Waals surface area contributed by atoms with Crippen molar-refractivity contribution in [3.8, 4) is 0 Å². The highest BCUT2D eigenvalue weighted by atomic mass is 16.5. The van der Waals surface area contributed by atoms with Gasteiger partial charge in [-0.1, -0.05) is 26.2 Å². The number of ether oxygens (including phenoxy) is 1. The molecule has 2 rings (SSSR count). The van der Waals surface area contributed by atoms with Crippen molar-refractivity contribution in [2.45, 2.75) is 58.5 Å². The van der Waals surface area contributed by atoms with E-state index in [2.05, 4.69) is 6.92 Å². The van der Waals surface area contributed by atoms with Gasteiger partial charge in [0.1, 0.15) is 6.10 Å². The fraction of sp³-hybridized carbons (Fsp3) is 0.923. The lowest BCUT2D eigenvalue weighted by Gasteiger charge is -2.44. The Labute approximate surface area is 92.4 Å². The molecule has 0 amide bonds. The van der Waals surface area contributed by atoms with Gasteiger partial charge in [-0.05, 0) is 31.1 Å². The maximum absolute atomic E-state index is 11.1. The van der Waals surface area contributed by atoms with Gasteiger partial charge in [-0.25, -0.2) is 0 Å². The minimum absolute atomic E-state index is 0.0987. The first-order chi connectivity index (χ1) is 7.18. The molecule has 2 fully saturated rings. The Morgan fingerprint density at radius 1 is 1.13 bits per heavy atom. The van der Waals surface area contributed by atoms with Gasteiger partial charge in [-0.15, -0.1) is 0 Å². The van der Waals surface area contributed by atoms with E-state index in [1.165, 1.54) is 39.0 Å². The summed E-state index contributed by atoms with van der Waals surface area (Å²) in [4.78, 5) is 11.1. The number of esters is 1. The zero-order chi connectivity index (χ0) is 10.8. The number of carbonyl (C=O) groups excluding carboxylic acids is 1. The molecule has 15 heavy (non-hydrogen) atoms. The number of hydrogen-bond donors (Lipinski definition) is 0. The van der Waals surface area contributed by atoms with Crippen molar-refractivity contribution in [3.63, 3.8) is 0 Å². The lowest BCUT2D eigenvalue weighted by molar-refractivity contribution is -0.155. The van der Waals surface area contributed by atoms with Crippen LogP contribution in [0.2, 0.25) is 0 Å².